The highest BCUT2D eigenvalue weighted by molar-refractivity contribution is 6.45. The molecule has 0 atom stereocenters. The Labute approximate surface area is 224 Å². The number of carbonyl (C=O) groups is 4. The van der Waals surface area contributed by atoms with Crippen molar-refractivity contribution in [1.29, 1.82) is 0 Å². The van der Waals surface area contributed by atoms with Gasteiger partial charge in [-0.1, -0.05) is 18.2 Å². The van der Waals surface area contributed by atoms with Crippen molar-refractivity contribution >= 4 is 34.4 Å². The molecule has 1 aliphatic heterocycles. The topological polar surface area (TPSA) is 125 Å². The van der Waals surface area contributed by atoms with Crippen molar-refractivity contribution in [2.75, 3.05) is 33.3 Å². The molecular weight excluding hydrogens is 500 g/mol. The predicted octanol–water partition coefficient (Wildman–Crippen LogP) is 3.24. The van der Waals surface area contributed by atoms with E-state index in [0.29, 0.717) is 52.4 Å². The van der Waals surface area contributed by atoms with Crippen LogP contribution in [0.3, 0.4) is 0 Å². The maximum atomic E-state index is 13.4. The average Bonchev–Trinajstić information content (AvgIpc) is 3.63. The van der Waals surface area contributed by atoms with E-state index in [2.05, 4.69) is 10.3 Å². The number of aromatic amines is 1. The molecule has 1 fully saturated rings. The molecule has 3 heterocycles. The number of ether oxygens (including phenoxy) is 1. The second-order valence-electron chi connectivity index (χ2n) is 9.22. The number of piperazine rings is 1. The van der Waals surface area contributed by atoms with E-state index in [1.165, 1.54) is 25.1 Å². The number of fused-ring (bicyclic) bond motifs is 1. The molecule has 0 spiro atoms. The van der Waals surface area contributed by atoms with Crippen LogP contribution in [0.4, 0.5) is 0 Å². The van der Waals surface area contributed by atoms with E-state index in [-0.39, 0.29) is 37.0 Å². The summed E-state index contributed by atoms with van der Waals surface area (Å²) in [6, 6.07) is 16.1. The van der Waals surface area contributed by atoms with Gasteiger partial charge in [0.25, 0.3) is 17.6 Å². The molecule has 2 aromatic carbocycles. The molecule has 0 aliphatic carbocycles. The van der Waals surface area contributed by atoms with Gasteiger partial charge in [0.2, 0.25) is 5.91 Å². The Hall–Kier alpha value is -4.86. The normalized spacial score (nSPS) is 13.4. The van der Waals surface area contributed by atoms with Gasteiger partial charge in [-0.05, 0) is 36.4 Å². The fraction of sp³-hybridized carbons (Fsp3) is 0.241. The van der Waals surface area contributed by atoms with Crippen LogP contribution in [0.25, 0.3) is 22.2 Å². The van der Waals surface area contributed by atoms with E-state index in [1.54, 1.807) is 41.3 Å². The van der Waals surface area contributed by atoms with E-state index >= 15 is 0 Å². The second kappa shape index (κ2) is 10.9. The zero-order chi connectivity index (χ0) is 27.5. The fourth-order valence-corrected chi connectivity index (χ4v) is 4.74. The Kier molecular flexibility index (Phi) is 7.18. The maximum absolute atomic E-state index is 13.4. The molecule has 0 bridgehead atoms. The largest absolute Gasteiger partial charge is 0.496 e. The van der Waals surface area contributed by atoms with E-state index in [4.69, 9.17) is 9.15 Å². The number of nitrogens with zero attached hydrogens (tertiary/aromatic N) is 2. The SMILES string of the molecule is COc1ccc(-c2ccc(CNC(C)=O)o2)c2[nH]cc(C(=O)C(=O)N3CCN(C(=O)c4ccccc4)CC3)c12. The summed E-state index contributed by atoms with van der Waals surface area (Å²) in [6.07, 6.45) is 1.51. The lowest BCUT2D eigenvalue weighted by molar-refractivity contribution is -0.127. The van der Waals surface area contributed by atoms with Gasteiger partial charge in [0.15, 0.2) is 0 Å². The Bertz CT molecular complexity index is 1550. The van der Waals surface area contributed by atoms with Crippen LogP contribution in [0.5, 0.6) is 5.75 Å². The number of furan rings is 1. The van der Waals surface area contributed by atoms with Crippen molar-refractivity contribution in [3.63, 3.8) is 0 Å². The molecule has 39 heavy (non-hydrogen) atoms. The van der Waals surface area contributed by atoms with E-state index in [0.717, 1.165) is 0 Å². The van der Waals surface area contributed by atoms with E-state index in [9.17, 15) is 19.2 Å². The Balaban J connectivity index is 1.35. The molecule has 200 valence electrons. The molecule has 10 heteroatoms. The van der Waals surface area contributed by atoms with Crippen LogP contribution >= 0.6 is 0 Å². The Morgan fingerprint density at radius 1 is 0.949 bits per heavy atom. The summed E-state index contributed by atoms with van der Waals surface area (Å²) >= 11 is 0. The standard InChI is InChI=1S/C29H28N4O6/c1-18(34)30-16-20-8-10-23(39-20)21-9-11-24(38-2)25-22(17-31-26(21)25)27(35)29(37)33-14-12-32(13-15-33)28(36)19-6-4-3-5-7-19/h3-11,17,31H,12-16H2,1-2H3,(H,30,34). The van der Waals surface area contributed by atoms with Gasteiger partial charge in [0.1, 0.15) is 17.3 Å². The van der Waals surface area contributed by atoms with E-state index in [1.807, 2.05) is 18.2 Å². The van der Waals surface area contributed by atoms with Crippen molar-refractivity contribution in [1.82, 2.24) is 20.1 Å². The van der Waals surface area contributed by atoms with Gasteiger partial charge in [-0.3, -0.25) is 19.2 Å². The van der Waals surface area contributed by atoms with Gasteiger partial charge in [0.05, 0.1) is 30.1 Å². The number of Topliss-reactive ketones (excluding diaryl/α,β-unsaturated/α-hetero) is 1. The second-order valence-corrected chi connectivity index (χ2v) is 9.22. The molecule has 3 amide bonds. The fourth-order valence-electron chi connectivity index (χ4n) is 4.74. The lowest BCUT2D eigenvalue weighted by Crippen LogP contribution is -2.52. The first-order chi connectivity index (χ1) is 18.9. The van der Waals surface area contributed by atoms with E-state index < -0.39 is 11.7 Å². The van der Waals surface area contributed by atoms with Crippen LogP contribution < -0.4 is 10.1 Å². The lowest BCUT2D eigenvalue weighted by atomic mass is 10.0. The predicted molar refractivity (Wildman–Crippen MR) is 143 cm³/mol. The van der Waals surface area contributed by atoms with Crippen molar-refractivity contribution in [2.45, 2.75) is 13.5 Å². The highest BCUT2D eigenvalue weighted by Crippen LogP contribution is 2.37. The lowest BCUT2D eigenvalue weighted by Gasteiger charge is -2.34. The van der Waals surface area contributed by atoms with Gasteiger partial charge in [0, 0.05) is 50.4 Å². The quantitative estimate of drug-likeness (QED) is 0.280. The van der Waals surface area contributed by atoms with Crippen molar-refractivity contribution in [3.05, 3.63) is 77.7 Å². The average molecular weight is 529 g/mol. The van der Waals surface area contributed by atoms with Crippen molar-refractivity contribution < 1.29 is 28.3 Å². The number of rotatable bonds is 7. The summed E-state index contributed by atoms with van der Waals surface area (Å²) < 4.78 is 11.4. The summed E-state index contributed by atoms with van der Waals surface area (Å²) in [5.41, 5.74) is 2.05. The number of ketones is 1. The molecule has 4 aromatic rings. The van der Waals surface area contributed by atoms with Gasteiger partial charge < -0.3 is 29.3 Å². The molecule has 0 saturated carbocycles. The minimum atomic E-state index is -0.662. The summed E-state index contributed by atoms with van der Waals surface area (Å²) in [7, 11) is 1.50. The number of hydrogen-bond donors (Lipinski definition) is 2. The van der Waals surface area contributed by atoms with Crippen LogP contribution in [0.2, 0.25) is 0 Å². The molecule has 2 N–H and O–H groups in total. The van der Waals surface area contributed by atoms with Crippen LogP contribution in [-0.2, 0) is 16.1 Å². The molecule has 5 rings (SSSR count). The summed E-state index contributed by atoms with van der Waals surface area (Å²) in [6.45, 7) is 2.89. The number of methoxy groups -OCH3 is 1. The third kappa shape index (κ3) is 5.13. The van der Waals surface area contributed by atoms with Gasteiger partial charge in [-0.2, -0.15) is 0 Å². The first-order valence-corrected chi connectivity index (χ1v) is 12.6. The third-order valence-electron chi connectivity index (χ3n) is 6.77. The monoisotopic (exact) mass is 528 g/mol. The number of benzene rings is 2. The zero-order valence-electron chi connectivity index (χ0n) is 21.7. The van der Waals surface area contributed by atoms with Crippen molar-refractivity contribution in [3.8, 4) is 17.1 Å². The molecule has 0 radical (unpaired) electrons. The highest BCUT2D eigenvalue weighted by atomic mass is 16.5. The Morgan fingerprint density at radius 2 is 1.67 bits per heavy atom. The summed E-state index contributed by atoms with van der Waals surface area (Å²) in [5.74, 6) is -0.00530. The number of H-pyrrole nitrogens is 1. The summed E-state index contributed by atoms with van der Waals surface area (Å²) in [4.78, 5) is 56.9. The van der Waals surface area contributed by atoms with Crippen LogP contribution in [0.15, 0.2) is 65.2 Å². The number of hydrogen-bond acceptors (Lipinski definition) is 6. The molecule has 10 nitrogen and oxygen atoms in total. The Morgan fingerprint density at radius 3 is 2.36 bits per heavy atom. The van der Waals surface area contributed by atoms with Crippen LogP contribution in [-0.4, -0.2) is 71.6 Å². The molecule has 0 unspecified atom stereocenters. The zero-order valence-corrected chi connectivity index (χ0v) is 21.7. The highest BCUT2D eigenvalue weighted by Gasteiger charge is 2.31. The van der Waals surface area contributed by atoms with Crippen LogP contribution in [0, 0.1) is 0 Å². The number of carbonyl (C=O) groups excluding carboxylic acids is 4. The molecular formula is C29H28N4O6. The number of aromatic nitrogens is 1. The number of nitrogens with one attached hydrogen (secondary N) is 2. The molecule has 1 saturated heterocycles. The first kappa shape index (κ1) is 25.8. The van der Waals surface area contributed by atoms with Gasteiger partial charge in [-0.25, -0.2) is 0 Å². The number of amides is 3. The van der Waals surface area contributed by atoms with Crippen molar-refractivity contribution in [2.24, 2.45) is 0 Å². The minimum Gasteiger partial charge on any atom is -0.496 e. The molecule has 2 aromatic heterocycles. The molecule has 1 aliphatic rings. The summed E-state index contributed by atoms with van der Waals surface area (Å²) in [5, 5.41) is 3.17. The maximum Gasteiger partial charge on any atom is 0.295 e. The third-order valence-corrected chi connectivity index (χ3v) is 6.77. The van der Waals surface area contributed by atoms with Crippen LogP contribution in [0.1, 0.15) is 33.4 Å². The smallest absolute Gasteiger partial charge is 0.295 e. The minimum absolute atomic E-state index is 0.0962. The van der Waals surface area contributed by atoms with Gasteiger partial charge >= 0.3 is 0 Å². The first-order valence-electron chi connectivity index (χ1n) is 12.6. The van der Waals surface area contributed by atoms with Gasteiger partial charge in [-0.15, -0.1) is 0 Å².